The normalized spacial score (nSPS) is 10.3. The lowest BCUT2D eigenvalue weighted by Crippen LogP contribution is -2.04. The summed E-state index contributed by atoms with van der Waals surface area (Å²) in [6.07, 6.45) is 0. The third-order valence-corrected chi connectivity index (χ3v) is 2.82. The van der Waals surface area contributed by atoms with Crippen LogP contribution in [0.15, 0.2) is 42.5 Å². The minimum Gasteiger partial charge on any atom is -0.450 e. The van der Waals surface area contributed by atoms with Crippen molar-refractivity contribution in [2.45, 2.75) is 13.5 Å². The molecule has 2 rings (SSSR count). The topological polar surface area (TPSA) is 64.4 Å². The molecule has 5 nitrogen and oxygen atoms in total. The van der Waals surface area contributed by atoms with Crippen LogP contribution in [0.4, 0.5) is 5.69 Å². The van der Waals surface area contributed by atoms with Crippen molar-refractivity contribution in [2.75, 3.05) is 7.05 Å². The quantitative estimate of drug-likeness (QED) is 0.669. The number of nitrogens with one attached hydrogen (secondary N) is 1. The third kappa shape index (κ3) is 3.33. The van der Waals surface area contributed by atoms with E-state index in [1.165, 1.54) is 6.07 Å². The molecule has 0 aromatic heterocycles. The van der Waals surface area contributed by atoms with Crippen LogP contribution in [0.3, 0.4) is 0 Å². The highest BCUT2D eigenvalue weighted by molar-refractivity contribution is 5.50. The van der Waals surface area contributed by atoms with Gasteiger partial charge in [0.15, 0.2) is 0 Å². The van der Waals surface area contributed by atoms with E-state index in [-0.39, 0.29) is 11.4 Å². The molecule has 0 saturated heterocycles. The van der Waals surface area contributed by atoms with Crippen LogP contribution in [0, 0.1) is 17.0 Å². The molecule has 2 aromatic rings. The maximum absolute atomic E-state index is 11.0. The van der Waals surface area contributed by atoms with Crippen LogP contribution in [-0.2, 0) is 6.54 Å². The fourth-order valence-corrected chi connectivity index (χ4v) is 1.91. The van der Waals surface area contributed by atoms with Gasteiger partial charge in [-0.2, -0.15) is 0 Å². The number of nitro benzene ring substituents is 1. The molecule has 0 heterocycles. The van der Waals surface area contributed by atoms with E-state index in [1.807, 2.05) is 32.2 Å². The van der Waals surface area contributed by atoms with Gasteiger partial charge in [0.1, 0.15) is 5.75 Å². The van der Waals surface area contributed by atoms with Crippen LogP contribution in [0.25, 0.3) is 0 Å². The van der Waals surface area contributed by atoms with E-state index >= 15 is 0 Å². The third-order valence-electron chi connectivity index (χ3n) is 2.82. The van der Waals surface area contributed by atoms with E-state index in [1.54, 1.807) is 18.2 Å². The Morgan fingerprint density at radius 1 is 1.25 bits per heavy atom. The minimum atomic E-state index is -0.431. The summed E-state index contributed by atoms with van der Waals surface area (Å²) in [6, 6.07) is 12.4. The highest BCUT2D eigenvalue weighted by Gasteiger charge is 2.15. The summed E-state index contributed by atoms with van der Waals surface area (Å²) in [7, 11) is 1.86. The summed E-state index contributed by atoms with van der Waals surface area (Å²) in [5.41, 5.74) is 1.86. The van der Waals surface area contributed by atoms with Gasteiger partial charge in [0.2, 0.25) is 5.75 Å². The Morgan fingerprint density at radius 2 is 2.05 bits per heavy atom. The lowest BCUT2D eigenvalue weighted by atomic mass is 10.2. The lowest BCUT2D eigenvalue weighted by Gasteiger charge is -2.08. The van der Waals surface area contributed by atoms with Gasteiger partial charge in [0, 0.05) is 12.6 Å². The Bertz CT molecular complexity index is 626. The smallest absolute Gasteiger partial charge is 0.311 e. The van der Waals surface area contributed by atoms with E-state index in [9.17, 15) is 10.1 Å². The van der Waals surface area contributed by atoms with Crippen molar-refractivity contribution >= 4 is 5.69 Å². The van der Waals surface area contributed by atoms with Crippen LogP contribution >= 0.6 is 0 Å². The number of hydrogen-bond acceptors (Lipinski definition) is 4. The Labute approximate surface area is 117 Å². The Hall–Kier alpha value is -2.40. The van der Waals surface area contributed by atoms with E-state index in [0.717, 1.165) is 11.1 Å². The zero-order valence-corrected chi connectivity index (χ0v) is 11.4. The number of rotatable bonds is 5. The summed E-state index contributed by atoms with van der Waals surface area (Å²) >= 11 is 0. The molecule has 0 amide bonds. The fourth-order valence-electron chi connectivity index (χ4n) is 1.91. The second-order valence-electron chi connectivity index (χ2n) is 4.51. The zero-order chi connectivity index (χ0) is 14.5. The van der Waals surface area contributed by atoms with Gasteiger partial charge >= 0.3 is 5.69 Å². The first-order chi connectivity index (χ1) is 9.60. The number of hydrogen-bond donors (Lipinski definition) is 1. The molecule has 1 N–H and O–H groups in total. The first-order valence-corrected chi connectivity index (χ1v) is 6.26. The van der Waals surface area contributed by atoms with Crippen LogP contribution in [0.2, 0.25) is 0 Å². The monoisotopic (exact) mass is 272 g/mol. The highest BCUT2D eigenvalue weighted by Crippen LogP contribution is 2.32. The van der Waals surface area contributed by atoms with Gasteiger partial charge in [-0.05, 0) is 43.3 Å². The summed E-state index contributed by atoms with van der Waals surface area (Å²) in [6.45, 7) is 2.53. The second-order valence-corrected chi connectivity index (χ2v) is 4.51. The van der Waals surface area contributed by atoms with E-state index in [4.69, 9.17) is 4.74 Å². The number of nitro groups is 1. The molecule has 0 radical (unpaired) electrons. The van der Waals surface area contributed by atoms with Gasteiger partial charge in [-0.25, -0.2) is 0 Å². The molecule has 0 atom stereocenters. The average Bonchev–Trinajstić information content (AvgIpc) is 2.41. The SMILES string of the molecule is CNCc1cccc(Oc2ccc(C)cc2[N+](=O)[O-])c1. The second kappa shape index (κ2) is 6.16. The lowest BCUT2D eigenvalue weighted by molar-refractivity contribution is -0.385. The number of benzene rings is 2. The van der Waals surface area contributed by atoms with Crippen LogP contribution in [0.1, 0.15) is 11.1 Å². The predicted octanol–water partition coefficient (Wildman–Crippen LogP) is 3.41. The van der Waals surface area contributed by atoms with Crippen LogP contribution in [0.5, 0.6) is 11.5 Å². The molecule has 0 fully saturated rings. The first-order valence-electron chi connectivity index (χ1n) is 6.26. The van der Waals surface area contributed by atoms with Gasteiger partial charge in [-0.3, -0.25) is 10.1 Å². The molecule has 20 heavy (non-hydrogen) atoms. The largest absolute Gasteiger partial charge is 0.450 e. The molecule has 104 valence electrons. The van der Waals surface area contributed by atoms with Crippen LogP contribution in [-0.4, -0.2) is 12.0 Å². The molecule has 2 aromatic carbocycles. The van der Waals surface area contributed by atoms with Crippen molar-refractivity contribution in [1.82, 2.24) is 5.32 Å². The Morgan fingerprint density at radius 3 is 2.75 bits per heavy atom. The van der Waals surface area contributed by atoms with E-state index < -0.39 is 4.92 Å². The highest BCUT2D eigenvalue weighted by atomic mass is 16.6. The van der Waals surface area contributed by atoms with Crippen molar-refractivity contribution in [2.24, 2.45) is 0 Å². The fraction of sp³-hybridized carbons (Fsp3) is 0.200. The average molecular weight is 272 g/mol. The molecule has 5 heteroatoms. The van der Waals surface area contributed by atoms with Crippen molar-refractivity contribution in [3.8, 4) is 11.5 Å². The summed E-state index contributed by atoms with van der Waals surface area (Å²) in [5, 5.41) is 14.1. The minimum absolute atomic E-state index is 0.0241. The van der Waals surface area contributed by atoms with Gasteiger partial charge in [0.05, 0.1) is 4.92 Å². The molecule has 0 aliphatic carbocycles. The molecule has 0 saturated carbocycles. The maximum atomic E-state index is 11.0. The van der Waals surface area contributed by atoms with Crippen LogP contribution < -0.4 is 10.1 Å². The summed E-state index contributed by atoms with van der Waals surface area (Å²) < 4.78 is 5.64. The zero-order valence-electron chi connectivity index (χ0n) is 11.4. The molecule has 0 unspecified atom stereocenters. The van der Waals surface area contributed by atoms with Gasteiger partial charge in [-0.1, -0.05) is 18.2 Å². The number of ether oxygens (including phenoxy) is 1. The van der Waals surface area contributed by atoms with E-state index in [0.29, 0.717) is 12.3 Å². The Balaban J connectivity index is 2.30. The molecule has 0 aliphatic rings. The van der Waals surface area contributed by atoms with Crippen molar-refractivity contribution in [3.63, 3.8) is 0 Å². The molecular formula is C15H16N2O3. The standard InChI is InChI=1S/C15H16N2O3/c1-11-6-7-15(14(8-11)17(18)19)20-13-5-3-4-12(9-13)10-16-2/h3-9,16H,10H2,1-2H3. The molecule has 0 aliphatic heterocycles. The predicted molar refractivity (Wildman–Crippen MR) is 77.1 cm³/mol. The number of aryl methyl sites for hydroxylation is 1. The van der Waals surface area contributed by atoms with Crippen molar-refractivity contribution in [3.05, 3.63) is 63.7 Å². The van der Waals surface area contributed by atoms with Crippen molar-refractivity contribution in [1.29, 1.82) is 0 Å². The summed E-state index contributed by atoms with van der Waals surface area (Å²) in [5.74, 6) is 0.840. The molecule has 0 bridgehead atoms. The maximum Gasteiger partial charge on any atom is 0.311 e. The Kier molecular flexibility index (Phi) is 4.32. The molecular weight excluding hydrogens is 256 g/mol. The van der Waals surface area contributed by atoms with Crippen molar-refractivity contribution < 1.29 is 9.66 Å². The van der Waals surface area contributed by atoms with Gasteiger partial charge in [-0.15, -0.1) is 0 Å². The molecule has 0 spiro atoms. The summed E-state index contributed by atoms with van der Waals surface area (Å²) in [4.78, 5) is 10.6. The van der Waals surface area contributed by atoms with E-state index in [2.05, 4.69) is 5.32 Å². The van der Waals surface area contributed by atoms with Gasteiger partial charge < -0.3 is 10.1 Å². The number of nitrogens with zero attached hydrogens (tertiary/aromatic N) is 1. The van der Waals surface area contributed by atoms with Gasteiger partial charge in [0.25, 0.3) is 0 Å². The first kappa shape index (κ1) is 14.0.